The van der Waals surface area contributed by atoms with Crippen molar-refractivity contribution in [2.75, 3.05) is 27.9 Å². The van der Waals surface area contributed by atoms with Gasteiger partial charge in [0.1, 0.15) is 12.4 Å². The summed E-state index contributed by atoms with van der Waals surface area (Å²) in [7, 11) is 4.38. The number of rotatable bonds is 4. The summed E-state index contributed by atoms with van der Waals surface area (Å²) in [6, 6.07) is 5.24. The predicted molar refractivity (Wildman–Crippen MR) is 87.0 cm³/mol. The number of hydrogen-bond donors (Lipinski definition) is 0. The van der Waals surface area contributed by atoms with E-state index in [1.165, 1.54) is 21.3 Å². The molecule has 0 saturated heterocycles. The van der Waals surface area contributed by atoms with E-state index in [-0.39, 0.29) is 11.2 Å². The largest absolute Gasteiger partial charge is 0.491 e. The second kappa shape index (κ2) is 6.96. The first-order valence-corrected chi connectivity index (χ1v) is 8.01. The van der Waals surface area contributed by atoms with Gasteiger partial charge in [-0.1, -0.05) is 0 Å². The Kier molecular flexibility index (Phi) is 4.75. The number of hydrogen-bond acceptors (Lipinski definition) is 8. The minimum Gasteiger partial charge on any atom is -0.491 e. The topological polar surface area (TPSA) is 79.8 Å². The lowest BCUT2D eigenvalue weighted by Gasteiger charge is -2.24. The van der Waals surface area contributed by atoms with Crippen molar-refractivity contribution in [3.05, 3.63) is 35.7 Å². The van der Waals surface area contributed by atoms with Crippen LogP contribution in [0.5, 0.6) is 17.5 Å². The summed E-state index contributed by atoms with van der Waals surface area (Å²) in [5.74, 6) is 0.945. The molecule has 7 nitrogen and oxygen atoms in total. The molecule has 0 fully saturated rings. The average molecular weight is 348 g/mol. The zero-order chi connectivity index (χ0) is 17.1. The summed E-state index contributed by atoms with van der Waals surface area (Å²) in [6.45, 7) is 0.409. The summed E-state index contributed by atoms with van der Waals surface area (Å²) in [5.41, 5.74) is 1.20. The lowest BCUT2D eigenvalue weighted by molar-refractivity contribution is 0.0600. The lowest BCUT2D eigenvalue weighted by Crippen LogP contribution is -2.15. The highest BCUT2D eigenvalue weighted by molar-refractivity contribution is 7.99. The third-order valence-corrected chi connectivity index (χ3v) is 4.72. The van der Waals surface area contributed by atoms with Crippen molar-refractivity contribution in [1.82, 2.24) is 9.97 Å². The number of ether oxygens (including phenoxy) is 4. The number of fused-ring (bicyclic) bond motifs is 1. The Morgan fingerprint density at radius 3 is 2.75 bits per heavy atom. The van der Waals surface area contributed by atoms with Gasteiger partial charge in [0.05, 0.1) is 48.9 Å². The normalized spacial score (nSPS) is 15.9. The van der Waals surface area contributed by atoms with Gasteiger partial charge in [-0.3, -0.25) is 0 Å². The van der Waals surface area contributed by atoms with Gasteiger partial charge in [-0.15, -0.1) is 11.8 Å². The number of aromatic nitrogens is 2. The Hall–Kier alpha value is -2.48. The number of nitrogens with zero attached hydrogens (tertiary/aromatic N) is 2. The number of carbonyl (C=O) groups excluding carboxylic acids is 1. The van der Waals surface area contributed by atoms with Crippen LogP contribution in [0.1, 0.15) is 21.3 Å². The highest BCUT2D eigenvalue weighted by Gasteiger charge is 2.26. The van der Waals surface area contributed by atoms with Crippen LogP contribution in [0, 0.1) is 0 Å². The molecule has 0 amide bonds. The maximum Gasteiger partial charge on any atom is 0.337 e. The molecule has 0 saturated carbocycles. The third kappa shape index (κ3) is 3.09. The number of thioether (sulfide) groups is 1. The van der Waals surface area contributed by atoms with E-state index < -0.39 is 0 Å². The standard InChI is InChI=1S/C16H16N2O5S/c1-20-14-15(21-2)18-10(7-17-14)13-8-23-11-6-9(16(19)22-3)4-5-12(11)24-13/h4-7,13H,8H2,1-3H3/t13-/m0/s1. The quantitative estimate of drug-likeness (QED) is 0.780. The molecule has 1 aliphatic rings. The highest BCUT2D eigenvalue weighted by Crippen LogP contribution is 2.44. The molecule has 24 heavy (non-hydrogen) atoms. The molecular weight excluding hydrogens is 332 g/mol. The smallest absolute Gasteiger partial charge is 0.337 e. The van der Waals surface area contributed by atoms with Crippen LogP contribution in [-0.2, 0) is 4.74 Å². The van der Waals surface area contributed by atoms with Gasteiger partial charge in [0.25, 0.3) is 11.8 Å². The van der Waals surface area contributed by atoms with Crippen LogP contribution in [0.2, 0.25) is 0 Å². The predicted octanol–water partition coefficient (Wildman–Crippen LogP) is 2.51. The van der Waals surface area contributed by atoms with Crippen molar-refractivity contribution < 1.29 is 23.7 Å². The van der Waals surface area contributed by atoms with Crippen molar-refractivity contribution in [3.8, 4) is 17.5 Å². The SMILES string of the molecule is COC(=O)c1ccc2c(c1)OC[C@@H](c1cnc(OC)c(OC)n1)S2. The fraction of sp³-hybridized carbons (Fsp3) is 0.312. The summed E-state index contributed by atoms with van der Waals surface area (Å²) in [5, 5.41) is -0.0335. The monoisotopic (exact) mass is 348 g/mol. The summed E-state index contributed by atoms with van der Waals surface area (Å²) in [4.78, 5) is 21.2. The van der Waals surface area contributed by atoms with Gasteiger partial charge in [0.2, 0.25) is 0 Å². The number of benzene rings is 1. The van der Waals surface area contributed by atoms with Gasteiger partial charge in [0, 0.05) is 0 Å². The fourth-order valence-corrected chi connectivity index (χ4v) is 3.32. The van der Waals surface area contributed by atoms with Gasteiger partial charge in [-0.05, 0) is 18.2 Å². The molecule has 0 bridgehead atoms. The first-order chi connectivity index (χ1) is 11.7. The molecule has 126 valence electrons. The molecule has 2 heterocycles. The first-order valence-electron chi connectivity index (χ1n) is 7.13. The molecule has 8 heteroatoms. The maximum absolute atomic E-state index is 11.6. The van der Waals surface area contributed by atoms with E-state index in [1.807, 2.05) is 6.07 Å². The molecule has 2 aromatic rings. The Morgan fingerprint density at radius 1 is 1.25 bits per heavy atom. The van der Waals surface area contributed by atoms with Crippen molar-refractivity contribution in [2.45, 2.75) is 10.1 Å². The van der Waals surface area contributed by atoms with Crippen LogP contribution < -0.4 is 14.2 Å². The van der Waals surface area contributed by atoms with Crippen LogP contribution >= 0.6 is 11.8 Å². The Labute approximate surface area is 143 Å². The molecule has 1 aliphatic heterocycles. The summed E-state index contributed by atoms with van der Waals surface area (Å²) in [6.07, 6.45) is 1.65. The minimum absolute atomic E-state index is 0.0335. The molecule has 1 atom stereocenters. The number of carbonyl (C=O) groups is 1. The molecule has 0 radical (unpaired) electrons. The van der Waals surface area contributed by atoms with E-state index >= 15 is 0 Å². The van der Waals surface area contributed by atoms with E-state index in [4.69, 9.17) is 18.9 Å². The second-order valence-electron chi connectivity index (χ2n) is 4.88. The zero-order valence-electron chi connectivity index (χ0n) is 13.4. The first kappa shape index (κ1) is 16.4. The number of esters is 1. The van der Waals surface area contributed by atoms with Crippen LogP contribution in [0.3, 0.4) is 0 Å². The van der Waals surface area contributed by atoms with Crippen LogP contribution in [-0.4, -0.2) is 43.9 Å². The lowest BCUT2D eigenvalue weighted by atomic mass is 10.2. The third-order valence-electron chi connectivity index (χ3n) is 3.47. The summed E-state index contributed by atoms with van der Waals surface area (Å²) < 4.78 is 20.8. The second-order valence-corrected chi connectivity index (χ2v) is 6.13. The van der Waals surface area contributed by atoms with Gasteiger partial charge in [-0.2, -0.15) is 0 Å². The zero-order valence-corrected chi connectivity index (χ0v) is 14.3. The highest BCUT2D eigenvalue weighted by atomic mass is 32.2. The van der Waals surface area contributed by atoms with Crippen molar-refractivity contribution >= 4 is 17.7 Å². The van der Waals surface area contributed by atoms with Gasteiger partial charge in [0.15, 0.2) is 0 Å². The van der Waals surface area contributed by atoms with Gasteiger partial charge >= 0.3 is 5.97 Å². The van der Waals surface area contributed by atoms with Gasteiger partial charge < -0.3 is 18.9 Å². The Morgan fingerprint density at radius 2 is 2.04 bits per heavy atom. The molecule has 0 unspecified atom stereocenters. The van der Waals surface area contributed by atoms with Crippen LogP contribution in [0.4, 0.5) is 0 Å². The maximum atomic E-state index is 11.6. The number of methoxy groups -OCH3 is 3. The van der Waals surface area contributed by atoms with Crippen LogP contribution in [0.25, 0.3) is 0 Å². The minimum atomic E-state index is -0.390. The Balaban J connectivity index is 1.84. The van der Waals surface area contributed by atoms with E-state index in [1.54, 1.807) is 30.1 Å². The van der Waals surface area contributed by atoms with Crippen LogP contribution in [0.15, 0.2) is 29.3 Å². The average Bonchev–Trinajstić information content (AvgIpc) is 2.65. The fourth-order valence-electron chi connectivity index (χ4n) is 2.26. The van der Waals surface area contributed by atoms with Crippen molar-refractivity contribution in [1.29, 1.82) is 0 Å². The van der Waals surface area contributed by atoms with Gasteiger partial charge in [-0.25, -0.2) is 14.8 Å². The van der Waals surface area contributed by atoms with E-state index in [0.717, 1.165) is 10.6 Å². The van der Waals surface area contributed by atoms with Crippen molar-refractivity contribution in [3.63, 3.8) is 0 Å². The molecule has 3 rings (SSSR count). The molecule has 1 aromatic carbocycles. The Bertz CT molecular complexity index is 768. The summed E-state index contributed by atoms with van der Waals surface area (Å²) >= 11 is 1.59. The molecule has 0 spiro atoms. The van der Waals surface area contributed by atoms with E-state index in [9.17, 15) is 4.79 Å². The van der Waals surface area contributed by atoms with E-state index in [0.29, 0.717) is 29.7 Å². The van der Waals surface area contributed by atoms with E-state index in [2.05, 4.69) is 9.97 Å². The molecule has 0 aliphatic carbocycles. The molecule has 1 aromatic heterocycles. The molecule has 0 N–H and O–H groups in total. The molecular formula is C16H16N2O5S. The van der Waals surface area contributed by atoms with Crippen molar-refractivity contribution in [2.24, 2.45) is 0 Å².